The van der Waals surface area contributed by atoms with Crippen LogP contribution in [0.15, 0.2) is 46.9 Å². The van der Waals surface area contributed by atoms with Crippen LogP contribution in [0.5, 0.6) is 0 Å². The molecule has 0 amide bonds. The van der Waals surface area contributed by atoms with Crippen LogP contribution >= 0.6 is 27.3 Å². The lowest BCUT2D eigenvalue weighted by atomic mass is 9.92. The average Bonchev–Trinajstić information content (AvgIpc) is 3.41. The van der Waals surface area contributed by atoms with Crippen molar-refractivity contribution in [3.8, 4) is 5.69 Å². The fourth-order valence-electron chi connectivity index (χ4n) is 4.67. The highest BCUT2D eigenvalue weighted by Gasteiger charge is 2.49. The van der Waals surface area contributed by atoms with Crippen LogP contribution in [-0.2, 0) is 14.2 Å². The smallest absolute Gasteiger partial charge is 0.184 e. The number of benzene rings is 2. The third-order valence-electron chi connectivity index (χ3n) is 6.32. The van der Waals surface area contributed by atoms with Gasteiger partial charge < -0.3 is 25.1 Å². The number of aliphatic hydroxyl groups excluding tert-OH is 1. The molecule has 4 heterocycles. The second kappa shape index (κ2) is 9.00. The van der Waals surface area contributed by atoms with Gasteiger partial charge in [-0.1, -0.05) is 30.3 Å². The van der Waals surface area contributed by atoms with Gasteiger partial charge in [0.15, 0.2) is 12.1 Å². The molecule has 35 heavy (non-hydrogen) atoms. The van der Waals surface area contributed by atoms with E-state index < -0.39 is 36.7 Å². The molecule has 9 nitrogen and oxygen atoms in total. The average molecular weight is 558 g/mol. The molecule has 0 spiro atoms. The zero-order valence-electron chi connectivity index (χ0n) is 19.0. The number of hydrogen-bond acceptors (Lipinski definition) is 9. The number of halogens is 1. The minimum Gasteiger partial charge on any atom is -0.388 e. The van der Waals surface area contributed by atoms with Gasteiger partial charge in [-0.2, -0.15) is 5.10 Å². The molecule has 3 N–H and O–H groups in total. The third kappa shape index (κ3) is 4.10. The number of thiazole rings is 1. The Morgan fingerprint density at radius 2 is 1.94 bits per heavy atom. The zero-order chi connectivity index (χ0) is 24.3. The maximum absolute atomic E-state index is 11.2. The molecule has 2 saturated heterocycles. The first-order chi connectivity index (χ1) is 16.9. The Kier molecular flexibility index (Phi) is 5.96. The summed E-state index contributed by atoms with van der Waals surface area (Å²) in [7, 11) is 0. The Hall–Kier alpha value is -2.25. The topological polar surface area (TPSA) is 118 Å². The Labute approximate surface area is 214 Å². The van der Waals surface area contributed by atoms with E-state index in [0.29, 0.717) is 11.6 Å². The van der Waals surface area contributed by atoms with Crippen molar-refractivity contribution >= 4 is 37.5 Å². The molecule has 0 bridgehead atoms. The molecule has 11 heteroatoms. The Morgan fingerprint density at radius 3 is 2.74 bits per heavy atom. The van der Waals surface area contributed by atoms with E-state index in [1.165, 1.54) is 0 Å². The molecule has 6 atom stereocenters. The number of aliphatic hydroxyl groups is 1. The van der Waals surface area contributed by atoms with Crippen LogP contribution in [0.3, 0.4) is 0 Å². The van der Waals surface area contributed by atoms with E-state index in [-0.39, 0.29) is 6.61 Å². The van der Waals surface area contributed by atoms with Gasteiger partial charge in [-0.3, -0.25) is 0 Å². The summed E-state index contributed by atoms with van der Waals surface area (Å²) in [5.41, 5.74) is 9.10. The van der Waals surface area contributed by atoms with E-state index in [1.54, 1.807) is 22.9 Å². The highest BCUT2D eigenvalue weighted by Crippen LogP contribution is 2.39. The van der Waals surface area contributed by atoms with Crippen LogP contribution in [0, 0.1) is 13.8 Å². The number of rotatable bonds is 3. The van der Waals surface area contributed by atoms with Gasteiger partial charge in [0.2, 0.25) is 0 Å². The SMILES string of the molecule is Cc1nc([C@@H]2O[C@@H]3COC(c4ccccc4)O[C@@H]3[C@H](N)[C@H]2O)n(-c2cc3sc(C)nc3cc2Br)n1. The van der Waals surface area contributed by atoms with Gasteiger partial charge in [-0.05, 0) is 41.9 Å². The predicted molar refractivity (Wildman–Crippen MR) is 133 cm³/mol. The highest BCUT2D eigenvalue weighted by molar-refractivity contribution is 9.10. The van der Waals surface area contributed by atoms with E-state index in [9.17, 15) is 5.11 Å². The van der Waals surface area contributed by atoms with E-state index in [1.807, 2.05) is 49.4 Å². The molecule has 4 aromatic rings. The van der Waals surface area contributed by atoms with Gasteiger partial charge in [0.05, 0.1) is 33.6 Å². The van der Waals surface area contributed by atoms with Crippen molar-refractivity contribution in [2.24, 2.45) is 5.73 Å². The van der Waals surface area contributed by atoms with E-state index >= 15 is 0 Å². The summed E-state index contributed by atoms with van der Waals surface area (Å²) in [4.78, 5) is 9.17. The first-order valence-corrected chi connectivity index (χ1v) is 12.9. The summed E-state index contributed by atoms with van der Waals surface area (Å²) in [5.74, 6) is 1.02. The lowest BCUT2D eigenvalue weighted by Gasteiger charge is -2.46. The standard InChI is InChI=1S/C24H24BrN5O4S/c1-11-27-23(30(29-11)16-9-18-15(8-14(16)25)28-12(2)35-18)22-20(31)19(26)21-17(33-22)10-32-24(34-21)13-6-4-3-5-7-13/h3-9,17,19-22,24,31H,10,26H2,1-2H3/t17-,19-,20-,21+,22-,24?/m1/s1. The van der Waals surface area contributed by atoms with Gasteiger partial charge in [0, 0.05) is 10.0 Å². The third-order valence-corrected chi connectivity index (χ3v) is 7.89. The summed E-state index contributed by atoms with van der Waals surface area (Å²) in [6.07, 6.45) is -3.41. The van der Waals surface area contributed by atoms with Crippen LogP contribution < -0.4 is 5.73 Å². The van der Waals surface area contributed by atoms with Crippen molar-refractivity contribution in [1.29, 1.82) is 0 Å². The van der Waals surface area contributed by atoms with Crippen LogP contribution in [0.4, 0.5) is 0 Å². The minimum atomic E-state index is -1.05. The van der Waals surface area contributed by atoms with Gasteiger partial charge in [0.25, 0.3) is 0 Å². The summed E-state index contributed by atoms with van der Waals surface area (Å²) in [5, 5.41) is 16.8. The second-order valence-electron chi connectivity index (χ2n) is 8.77. The van der Waals surface area contributed by atoms with Gasteiger partial charge in [0.1, 0.15) is 30.2 Å². The van der Waals surface area contributed by atoms with Crippen molar-refractivity contribution in [3.63, 3.8) is 0 Å². The van der Waals surface area contributed by atoms with Gasteiger partial charge in [-0.15, -0.1) is 11.3 Å². The number of nitrogens with two attached hydrogens (primary N) is 1. The molecule has 0 radical (unpaired) electrons. The van der Waals surface area contributed by atoms with Crippen molar-refractivity contribution < 1.29 is 19.3 Å². The lowest BCUT2D eigenvalue weighted by molar-refractivity contribution is -0.309. The fraction of sp³-hybridized carbons (Fsp3) is 0.375. The van der Waals surface area contributed by atoms with Crippen molar-refractivity contribution in [2.75, 3.05) is 6.61 Å². The molecule has 2 fully saturated rings. The quantitative estimate of drug-likeness (QED) is 0.393. The number of ether oxygens (including phenoxy) is 3. The highest BCUT2D eigenvalue weighted by atomic mass is 79.9. The lowest BCUT2D eigenvalue weighted by Crippen LogP contribution is -2.62. The molecule has 1 unspecified atom stereocenters. The van der Waals surface area contributed by atoms with E-state index in [2.05, 4.69) is 31.0 Å². The molecule has 2 aliphatic heterocycles. The van der Waals surface area contributed by atoms with Crippen LogP contribution in [-0.4, -0.2) is 55.8 Å². The second-order valence-corrected chi connectivity index (χ2v) is 10.9. The minimum absolute atomic E-state index is 0.282. The normalized spacial score (nSPS) is 28.8. The predicted octanol–water partition coefficient (Wildman–Crippen LogP) is 3.50. The first kappa shape index (κ1) is 23.2. The molecule has 2 aromatic carbocycles. The molecule has 0 aliphatic carbocycles. The maximum atomic E-state index is 11.2. The molecule has 2 aromatic heterocycles. The van der Waals surface area contributed by atoms with Crippen LogP contribution in [0.25, 0.3) is 15.9 Å². The molecule has 6 rings (SSSR count). The first-order valence-electron chi connectivity index (χ1n) is 11.3. The summed E-state index contributed by atoms with van der Waals surface area (Å²) in [6, 6.07) is 12.9. The fourth-order valence-corrected chi connectivity index (χ4v) is 6.01. The van der Waals surface area contributed by atoms with Crippen molar-refractivity contribution in [1.82, 2.24) is 19.7 Å². The molecular weight excluding hydrogens is 534 g/mol. The number of hydrogen-bond donors (Lipinski definition) is 2. The maximum Gasteiger partial charge on any atom is 0.184 e. The van der Waals surface area contributed by atoms with E-state index in [0.717, 1.165) is 30.9 Å². The Morgan fingerprint density at radius 1 is 1.14 bits per heavy atom. The summed E-state index contributed by atoms with van der Waals surface area (Å²) < 4.78 is 22.0. The monoisotopic (exact) mass is 557 g/mol. The van der Waals surface area contributed by atoms with E-state index in [4.69, 9.17) is 19.9 Å². The molecule has 0 saturated carbocycles. The summed E-state index contributed by atoms with van der Waals surface area (Å²) >= 11 is 5.25. The van der Waals surface area contributed by atoms with Gasteiger partial charge in [-0.25, -0.2) is 14.6 Å². The van der Waals surface area contributed by atoms with Crippen LogP contribution in [0.2, 0.25) is 0 Å². The molecule has 182 valence electrons. The Balaban J connectivity index is 1.32. The van der Waals surface area contributed by atoms with Crippen molar-refractivity contribution in [2.45, 2.75) is 50.6 Å². The molecule has 2 aliphatic rings. The number of aryl methyl sites for hydroxylation is 2. The van der Waals surface area contributed by atoms with Gasteiger partial charge >= 0.3 is 0 Å². The number of nitrogens with zero attached hydrogens (tertiary/aromatic N) is 4. The largest absolute Gasteiger partial charge is 0.388 e. The molecular formula is C24H24BrN5O4S. The Bertz CT molecular complexity index is 1380. The number of fused-ring (bicyclic) bond motifs is 2. The summed E-state index contributed by atoms with van der Waals surface area (Å²) in [6.45, 7) is 4.06. The van der Waals surface area contributed by atoms with Crippen LogP contribution in [0.1, 0.15) is 34.6 Å². The number of aromatic nitrogens is 4. The van der Waals surface area contributed by atoms with Crippen molar-refractivity contribution in [3.05, 3.63) is 69.2 Å². The zero-order valence-corrected chi connectivity index (χ0v) is 21.4.